The minimum atomic E-state index is -0.213. The second-order valence-electron chi connectivity index (χ2n) is 7.23. The number of nitrogens with zero attached hydrogens (tertiary/aromatic N) is 1. The lowest BCUT2D eigenvalue weighted by Gasteiger charge is -2.29. The summed E-state index contributed by atoms with van der Waals surface area (Å²) in [5, 5.41) is 5.10. The lowest BCUT2D eigenvalue weighted by Crippen LogP contribution is -2.35. The van der Waals surface area contributed by atoms with E-state index in [4.69, 9.17) is 4.74 Å². The Morgan fingerprint density at radius 2 is 1.86 bits per heavy atom. The fraction of sp³-hybridized carbons (Fsp3) is 0.250. The Labute approximate surface area is 170 Å². The highest BCUT2D eigenvalue weighted by atomic mass is 16.5. The molecule has 1 aliphatic heterocycles. The minimum absolute atomic E-state index is 0.0597. The first-order valence-corrected chi connectivity index (χ1v) is 9.99. The number of carbonyl (C=O) groups is 2. The van der Waals surface area contributed by atoms with Crippen LogP contribution in [0.3, 0.4) is 0 Å². The highest BCUT2D eigenvalue weighted by molar-refractivity contribution is 5.98. The van der Waals surface area contributed by atoms with Crippen molar-refractivity contribution in [3.63, 3.8) is 0 Å². The Hall–Kier alpha value is -3.34. The first kappa shape index (κ1) is 19.0. The van der Waals surface area contributed by atoms with Crippen LogP contribution < -0.4 is 15.0 Å². The van der Waals surface area contributed by atoms with E-state index < -0.39 is 0 Å². The number of aryl methyl sites for hydroxylation is 1. The van der Waals surface area contributed by atoms with E-state index >= 15 is 0 Å². The van der Waals surface area contributed by atoms with E-state index in [0.717, 1.165) is 40.7 Å². The average Bonchev–Trinajstić information content (AvgIpc) is 2.74. The summed E-state index contributed by atoms with van der Waals surface area (Å²) in [6, 6.07) is 19.5. The molecule has 29 heavy (non-hydrogen) atoms. The summed E-state index contributed by atoms with van der Waals surface area (Å²) < 4.78 is 5.66. The third-order valence-corrected chi connectivity index (χ3v) is 5.10. The van der Waals surface area contributed by atoms with Crippen LogP contribution in [-0.4, -0.2) is 25.0 Å². The fourth-order valence-corrected chi connectivity index (χ4v) is 3.71. The van der Waals surface area contributed by atoms with Gasteiger partial charge >= 0.3 is 0 Å². The van der Waals surface area contributed by atoms with E-state index in [9.17, 15) is 9.59 Å². The second kappa shape index (κ2) is 8.35. The van der Waals surface area contributed by atoms with Gasteiger partial charge in [0.05, 0.1) is 0 Å². The minimum Gasteiger partial charge on any atom is -0.484 e. The number of fused-ring (bicyclic) bond motifs is 2. The molecule has 3 aromatic carbocycles. The first-order chi connectivity index (χ1) is 14.1. The van der Waals surface area contributed by atoms with Gasteiger partial charge in [0.15, 0.2) is 6.61 Å². The van der Waals surface area contributed by atoms with E-state index in [1.54, 1.807) is 0 Å². The van der Waals surface area contributed by atoms with Gasteiger partial charge in [-0.25, -0.2) is 0 Å². The molecule has 2 amide bonds. The molecule has 0 aromatic heterocycles. The monoisotopic (exact) mass is 388 g/mol. The largest absolute Gasteiger partial charge is 0.484 e. The standard InChI is InChI=1S/C24H24N2O3/c1-2-13-26-22-11-9-20(14-19(22)8-12-24(26)28)25-23(27)16-29-21-10-7-17-5-3-4-6-18(17)15-21/h3-7,9-11,14-15H,2,8,12-13,16H2,1H3,(H,25,27). The molecule has 5 heteroatoms. The van der Waals surface area contributed by atoms with Gasteiger partial charge in [-0.15, -0.1) is 0 Å². The molecule has 0 bridgehead atoms. The van der Waals surface area contributed by atoms with Crippen LogP contribution in [-0.2, 0) is 16.0 Å². The van der Waals surface area contributed by atoms with Crippen LogP contribution in [0.15, 0.2) is 60.7 Å². The van der Waals surface area contributed by atoms with Crippen molar-refractivity contribution in [2.75, 3.05) is 23.4 Å². The summed E-state index contributed by atoms with van der Waals surface area (Å²) >= 11 is 0. The molecular weight excluding hydrogens is 364 g/mol. The molecule has 0 fully saturated rings. The summed E-state index contributed by atoms with van der Waals surface area (Å²) in [6.07, 6.45) is 2.12. The van der Waals surface area contributed by atoms with Crippen molar-refractivity contribution in [1.82, 2.24) is 0 Å². The van der Waals surface area contributed by atoms with E-state index in [0.29, 0.717) is 18.6 Å². The van der Waals surface area contributed by atoms with Crippen molar-refractivity contribution in [3.8, 4) is 5.75 Å². The van der Waals surface area contributed by atoms with Crippen molar-refractivity contribution in [1.29, 1.82) is 0 Å². The van der Waals surface area contributed by atoms with Crippen LogP contribution in [0.4, 0.5) is 11.4 Å². The number of carbonyl (C=O) groups excluding carboxylic acids is 2. The van der Waals surface area contributed by atoms with Crippen LogP contribution in [0.2, 0.25) is 0 Å². The van der Waals surface area contributed by atoms with Crippen molar-refractivity contribution in [3.05, 3.63) is 66.2 Å². The normalized spacial score (nSPS) is 13.3. The van der Waals surface area contributed by atoms with Gasteiger partial charge < -0.3 is 15.0 Å². The molecule has 0 spiro atoms. The lowest BCUT2D eigenvalue weighted by atomic mass is 10.00. The van der Waals surface area contributed by atoms with Gasteiger partial charge in [-0.1, -0.05) is 37.3 Å². The van der Waals surface area contributed by atoms with Crippen molar-refractivity contribution in [2.45, 2.75) is 26.2 Å². The molecule has 0 radical (unpaired) electrons. The highest BCUT2D eigenvalue weighted by Crippen LogP contribution is 2.30. The zero-order chi connectivity index (χ0) is 20.2. The Bertz CT molecular complexity index is 1060. The van der Waals surface area contributed by atoms with Gasteiger partial charge in [-0.2, -0.15) is 0 Å². The topological polar surface area (TPSA) is 58.6 Å². The van der Waals surface area contributed by atoms with Gasteiger partial charge in [-0.05, 0) is 59.5 Å². The quantitative estimate of drug-likeness (QED) is 0.674. The predicted octanol–water partition coefficient (Wildman–Crippen LogP) is 4.55. The Morgan fingerprint density at radius 1 is 1.03 bits per heavy atom. The van der Waals surface area contributed by atoms with E-state index in [1.165, 1.54) is 0 Å². The van der Waals surface area contributed by atoms with Gasteiger partial charge in [0.2, 0.25) is 5.91 Å². The molecule has 3 aromatic rings. The van der Waals surface area contributed by atoms with Crippen molar-refractivity contribution in [2.24, 2.45) is 0 Å². The third kappa shape index (κ3) is 4.24. The lowest BCUT2D eigenvalue weighted by molar-refractivity contribution is -0.119. The van der Waals surface area contributed by atoms with Gasteiger partial charge in [0.25, 0.3) is 5.91 Å². The predicted molar refractivity (Wildman–Crippen MR) is 115 cm³/mol. The van der Waals surface area contributed by atoms with E-state index in [2.05, 4.69) is 12.2 Å². The number of rotatable bonds is 6. The van der Waals surface area contributed by atoms with E-state index in [1.807, 2.05) is 65.6 Å². The number of ether oxygens (including phenoxy) is 1. The second-order valence-corrected chi connectivity index (χ2v) is 7.23. The molecule has 0 atom stereocenters. The number of amides is 2. The number of nitrogens with one attached hydrogen (secondary N) is 1. The zero-order valence-electron chi connectivity index (χ0n) is 16.5. The Morgan fingerprint density at radius 3 is 2.69 bits per heavy atom. The molecule has 5 nitrogen and oxygen atoms in total. The summed E-state index contributed by atoms with van der Waals surface area (Å²) in [7, 11) is 0. The maximum absolute atomic E-state index is 12.3. The maximum atomic E-state index is 12.3. The fourth-order valence-electron chi connectivity index (χ4n) is 3.71. The number of benzene rings is 3. The molecule has 0 aliphatic carbocycles. The smallest absolute Gasteiger partial charge is 0.262 e. The van der Waals surface area contributed by atoms with E-state index in [-0.39, 0.29) is 18.4 Å². The van der Waals surface area contributed by atoms with Gasteiger partial charge in [0, 0.05) is 24.3 Å². The van der Waals surface area contributed by atoms with Crippen LogP contribution in [0.5, 0.6) is 5.75 Å². The first-order valence-electron chi connectivity index (χ1n) is 9.99. The molecular formula is C24H24N2O3. The van der Waals surface area contributed by atoms with Gasteiger partial charge in [0.1, 0.15) is 5.75 Å². The number of hydrogen-bond donors (Lipinski definition) is 1. The van der Waals surface area contributed by atoms with Crippen LogP contribution in [0.25, 0.3) is 10.8 Å². The zero-order valence-corrected chi connectivity index (χ0v) is 16.5. The molecule has 148 valence electrons. The van der Waals surface area contributed by atoms with Crippen LogP contribution >= 0.6 is 0 Å². The Kier molecular flexibility index (Phi) is 5.47. The molecule has 0 unspecified atom stereocenters. The SMILES string of the molecule is CCCN1C(=O)CCc2cc(NC(=O)COc3ccc4ccccc4c3)ccc21. The summed E-state index contributed by atoms with van der Waals surface area (Å²) in [5.74, 6) is 0.619. The maximum Gasteiger partial charge on any atom is 0.262 e. The van der Waals surface area contributed by atoms with Crippen LogP contribution in [0, 0.1) is 0 Å². The average molecular weight is 388 g/mol. The van der Waals surface area contributed by atoms with Gasteiger partial charge in [-0.3, -0.25) is 9.59 Å². The van der Waals surface area contributed by atoms with Crippen LogP contribution in [0.1, 0.15) is 25.3 Å². The molecule has 4 rings (SSSR count). The highest BCUT2D eigenvalue weighted by Gasteiger charge is 2.23. The molecule has 1 heterocycles. The van der Waals surface area contributed by atoms with Crippen molar-refractivity contribution < 1.29 is 14.3 Å². The summed E-state index contributed by atoms with van der Waals surface area (Å²) in [6.45, 7) is 2.72. The molecule has 0 saturated carbocycles. The summed E-state index contributed by atoms with van der Waals surface area (Å²) in [5.41, 5.74) is 2.77. The van der Waals surface area contributed by atoms with Crippen molar-refractivity contribution >= 4 is 34.0 Å². The third-order valence-electron chi connectivity index (χ3n) is 5.10. The summed E-state index contributed by atoms with van der Waals surface area (Å²) in [4.78, 5) is 26.3. The number of anilines is 2. The molecule has 1 aliphatic rings. The number of hydrogen-bond acceptors (Lipinski definition) is 3. The molecule has 1 N–H and O–H groups in total. The Balaban J connectivity index is 1.40. The molecule has 0 saturated heterocycles.